The van der Waals surface area contributed by atoms with Gasteiger partial charge in [0.2, 0.25) is 0 Å². The molecule has 0 spiro atoms. The molecule has 0 saturated heterocycles. The van der Waals surface area contributed by atoms with Crippen LogP contribution in [0.25, 0.3) is 0 Å². The van der Waals surface area contributed by atoms with Crippen molar-refractivity contribution in [3.8, 4) is 0 Å². The molecule has 0 radical (unpaired) electrons. The lowest BCUT2D eigenvalue weighted by Gasteiger charge is -2.11. The fourth-order valence-electron chi connectivity index (χ4n) is 1.94. The largest absolute Gasteiger partial charge is 0.385 e. The summed E-state index contributed by atoms with van der Waals surface area (Å²) < 4.78 is 31.3. The van der Waals surface area contributed by atoms with Gasteiger partial charge in [0.05, 0.1) is 4.92 Å². The maximum atomic E-state index is 12.9. The van der Waals surface area contributed by atoms with E-state index in [4.69, 9.17) is 4.74 Å². The third-order valence-electron chi connectivity index (χ3n) is 3.31. The smallest absolute Gasteiger partial charge is 0.270 e. The van der Waals surface area contributed by atoms with Gasteiger partial charge in [0.25, 0.3) is 12.1 Å². The van der Waals surface area contributed by atoms with Gasteiger partial charge in [-0.25, -0.2) is 8.78 Å². The molecule has 0 bridgehead atoms. The van der Waals surface area contributed by atoms with Crippen LogP contribution in [0, 0.1) is 16.0 Å². The highest BCUT2D eigenvalue weighted by atomic mass is 19.3. The van der Waals surface area contributed by atoms with E-state index >= 15 is 0 Å². The number of halogens is 2. The van der Waals surface area contributed by atoms with E-state index in [0.29, 0.717) is 25.5 Å². The minimum atomic E-state index is -2.75. The van der Waals surface area contributed by atoms with Crippen molar-refractivity contribution in [1.82, 2.24) is 0 Å². The Balaban J connectivity index is 1.81. The van der Waals surface area contributed by atoms with Gasteiger partial charge < -0.3 is 10.1 Å². The molecular weight excluding hydrogens is 282 g/mol. The van der Waals surface area contributed by atoms with Crippen LogP contribution < -0.4 is 5.32 Å². The Hall–Kier alpha value is -1.76. The fraction of sp³-hybridized carbons (Fsp3) is 0.571. The zero-order chi connectivity index (χ0) is 15.2. The highest BCUT2D eigenvalue weighted by Gasteiger charge is 2.21. The first-order valence-electron chi connectivity index (χ1n) is 6.96. The maximum Gasteiger partial charge on any atom is 0.270 e. The lowest BCUT2D eigenvalue weighted by molar-refractivity contribution is -0.385. The van der Waals surface area contributed by atoms with E-state index < -0.39 is 11.3 Å². The summed E-state index contributed by atoms with van der Waals surface area (Å²) in [6, 6.07) is 3.46. The van der Waals surface area contributed by atoms with Gasteiger partial charge in [0, 0.05) is 43.1 Å². The number of alkyl halides is 2. The SMILES string of the molecule is O=[N+]([O-])c1ccc(NCCCOCC2CC2)c(C(F)F)c1. The summed E-state index contributed by atoms with van der Waals surface area (Å²) in [5.41, 5.74) is -0.440. The van der Waals surface area contributed by atoms with Gasteiger partial charge in [-0.05, 0) is 31.2 Å². The van der Waals surface area contributed by atoms with Crippen molar-refractivity contribution in [2.75, 3.05) is 25.1 Å². The molecule has 1 saturated carbocycles. The molecule has 1 aromatic rings. The van der Waals surface area contributed by atoms with E-state index in [0.717, 1.165) is 12.7 Å². The molecule has 1 N–H and O–H groups in total. The Labute approximate surface area is 121 Å². The van der Waals surface area contributed by atoms with Crippen molar-refractivity contribution in [2.24, 2.45) is 5.92 Å². The van der Waals surface area contributed by atoms with E-state index in [9.17, 15) is 18.9 Å². The van der Waals surface area contributed by atoms with Crippen LogP contribution in [0.2, 0.25) is 0 Å². The molecule has 1 fully saturated rings. The first-order valence-corrected chi connectivity index (χ1v) is 6.96. The van der Waals surface area contributed by atoms with Crippen LogP contribution in [0.3, 0.4) is 0 Å². The molecule has 0 atom stereocenters. The van der Waals surface area contributed by atoms with Crippen LogP contribution in [0.4, 0.5) is 20.2 Å². The van der Waals surface area contributed by atoms with Crippen molar-refractivity contribution >= 4 is 11.4 Å². The van der Waals surface area contributed by atoms with Gasteiger partial charge in [-0.3, -0.25) is 10.1 Å². The minimum absolute atomic E-state index is 0.234. The van der Waals surface area contributed by atoms with Crippen molar-refractivity contribution in [3.05, 3.63) is 33.9 Å². The molecule has 0 heterocycles. The zero-order valence-electron chi connectivity index (χ0n) is 11.6. The van der Waals surface area contributed by atoms with Gasteiger partial charge in [0.1, 0.15) is 0 Å². The predicted octanol–water partition coefficient (Wildman–Crippen LogP) is 3.76. The summed E-state index contributed by atoms with van der Waals surface area (Å²) in [5.74, 6) is 0.707. The maximum absolute atomic E-state index is 12.9. The van der Waals surface area contributed by atoms with Gasteiger partial charge in [-0.15, -0.1) is 0 Å². The number of nitro groups is 1. The number of nitrogens with zero attached hydrogens (tertiary/aromatic N) is 1. The third kappa shape index (κ3) is 4.93. The quantitative estimate of drug-likeness (QED) is 0.428. The molecule has 0 unspecified atom stereocenters. The Morgan fingerprint density at radius 2 is 2.19 bits per heavy atom. The number of benzene rings is 1. The van der Waals surface area contributed by atoms with Crippen LogP contribution in [0.5, 0.6) is 0 Å². The first-order chi connectivity index (χ1) is 10.1. The second-order valence-electron chi connectivity index (χ2n) is 5.13. The van der Waals surface area contributed by atoms with Crippen LogP contribution in [0.1, 0.15) is 31.3 Å². The van der Waals surface area contributed by atoms with Gasteiger partial charge in [-0.1, -0.05) is 0 Å². The Morgan fingerprint density at radius 1 is 1.43 bits per heavy atom. The molecular formula is C14H18F2N2O3. The molecule has 1 aliphatic rings. The molecule has 116 valence electrons. The summed E-state index contributed by atoms with van der Waals surface area (Å²) in [5, 5.41) is 13.5. The van der Waals surface area contributed by atoms with E-state index in [1.807, 2.05) is 0 Å². The molecule has 5 nitrogen and oxygen atoms in total. The minimum Gasteiger partial charge on any atom is -0.385 e. The average molecular weight is 300 g/mol. The number of hydrogen-bond donors (Lipinski definition) is 1. The van der Waals surface area contributed by atoms with Crippen LogP contribution in [0.15, 0.2) is 18.2 Å². The van der Waals surface area contributed by atoms with Crippen molar-refractivity contribution < 1.29 is 18.4 Å². The number of anilines is 1. The van der Waals surface area contributed by atoms with Crippen molar-refractivity contribution in [3.63, 3.8) is 0 Å². The number of rotatable bonds is 9. The molecule has 0 amide bonds. The Kier molecular flexibility index (Phi) is 5.44. The lowest BCUT2D eigenvalue weighted by Crippen LogP contribution is -2.08. The number of non-ortho nitro benzene ring substituents is 1. The van der Waals surface area contributed by atoms with E-state index in [1.165, 1.54) is 25.0 Å². The molecule has 21 heavy (non-hydrogen) atoms. The summed E-state index contributed by atoms with van der Waals surface area (Å²) in [6.07, 6.45) is 0.419. The monoisotopic (exact) mass is 300 g/mol. The van der Waals surface area contributed by atoms with Gasteiger partial charge in [0.15, 0.2) is 0 Å². The van der Waals surface area contributed by atoms with Crippen molar-refractivity contribution in [2.45, 2.75) is 25.7 Å². The van der Waals surface area contributed by atoms with Gasteiger partial charge in [-0.2, -0.15) is 0 Å². The number of nitro benzene ring substituents is 1. The van der Waals surface area contributed by atoms with E-state index in [-0.39, 0.29) is 16.9 Å². The van der Waals surface area contributed by atoms with Crippen LogP contribution in [-0.2, 0) is 4.74 Å². The number of hydrogen-bond acceptors (Lipinski definition) is 4. The van der Waals surface area contributed by atoms with E-state index in [2.05, 4.69) is 5.32 Å². The standard InChI is InChI=1S/C14H18F2N2O3/c15-14(16)12-8-11(18(19)20)4-5-13(12)17-6-1-7-21-9-10-2-3-10/h4-5,8,10,14,17H,1-3,6-7,9H2. The predicted molar refractivity (Wildman–Crippen MR) is 74.7 cm³/mol. The van der Waals surface area contributed by atoms with Crippen molar-refractivity contribution in [1.29, 1.82) is 0 Å². The molecule has 0 aliphatic heterocycles. The summed E-state index contributed by atoms with van der Waals surface area (Å²) >= 11 is 0. The highest BCUT2D eigenvalue weighted by molar-refractivity contribution is 5.56. The molecule has 1 aromatic carbocycles. The fourth-order valence-corrected chi connectivity index (χ4v) is 1.94. The van der Waals surface area contributed by atoms with Gasteiger partial charge >= 0.3 is 0 Å². The first kappa shape index (κ1) is 15.6. The molecule has 1 aliphatic carbocycles. The second kappa shape index (κ2) is 7.31. The van der Waals surface area contributed by atoms with Crippen LogP contribution in [-0.4, -0.2) is 24.7 Å². The second-order valence-corrected chi connectivity index (χ2v) is 5.13. The molecule has 0 aromatic heterocycles. The summed E-state index contributed by atoms with van der Waals surface area (Å²) in [7, 11) is 0. The number of nitrogens with one attached hydrogen (secondary N) is 1. The molecule has 7 heteroatoms. The summed E-state index contributed by atoms with van der Waals surface area (Å²) in [6.45, 7) is 1.85. The molecule has 2 rings (SSSR count). The Bertz CT molecular complexity index is 493. The average Bonchev–Trinajstić information content (AvgIpc) is 3.26. The zero-order valence-corrected chi connectivity index (χ0v) is 11.6. The number of ether oxygens (including phenoxy) is 1. The third-order valence-corrected chi connectivity index (χ3v) is 3.31. The summed E-state index contributed by atoms with van der Waals surface area (Å²) in [4.78, 5) is 9.92. The van der Waals surface area contributed by atoms with E-state index in [1.54, 1.807) is 0 Å². The normalized spacial score (nSPS) is 14.4. The topological polar surface area (TPSA) is 64.4 Å². The lowest BCUT2D eigenvalue weighted by atomic mass is 10.1. The van der Waals surface area contributed by atoms with Crippen LogP contribution >= 0.6 is 0 Å². The highest BCUT2D eigenvalue weighted by Crippen LogP contribution is 2.31. The Morgan fingerprint density at radius 3 is 2.81 bits per heavy atom.